The molecule has 0 aliphatic rings. The van der Waals surface area contributed by atoms with E-state index in [4.69, 9.17) is 7.85 Å². The van der Waals surface area contributed by atoms with Gasteiger partial charge in [0.1, 0.15) is 7.85 Å². The lowest BCUT2D eigenvalue weighted by atomic mass is 10.1. The molecule has 1 aromatic rings. The average molecular weight is 91.9 g/mol. The summed E-state index contributed by atoms with van der Waals surface area (Å²) in [6.07, 6.45) is 3.41. The van der Waals surface area contributed by atoms with E-state index >= 15 is 0 Å². The number of nitrogens with zero attached hydrogens (tertiary/aromatic N) is 2. The largest absolute Gasteiger partial charge is 0.341 e. The fraction of sp³-hybridized carbons (Fsp3) is 0.250. The first-order chi connectivity index (χ1) is 3.29. The molecule has 0 aromatic carbocycles. The van der Waals surface area contributed by atoms with E-state index in [1.54, 1.807) is 17.1 Å². The number of aryl methyl sites for hydroxylation is 1. The van der Waals surface area contributed by atoms with Crippen LogP contribution in [0.4, 0.5) is 0 Å². The van der Waals surface area contributed by atoms with E-state index in [0.717, 1.165) is 0 Å². The zero-order chi connectivity index (χ0) is 5.28. The Morgan fingerprint density at radius 1 is 1.86 bits per heavy atom. The molecule has 3 heteroatoms. The molecule has 0 saturated heterocycles. The van der Waals surface area contributed by atoms with Gasteiger partial charge >= 0.3 is 0 Å². The molecule has 1 heterocycles. The number of hydrogen-bond acceptors (Lipinski definition) is 1. The van der Waals surface area contributed by atoms with Crippen molar-refractivity contribution < 1.29 is 0 Å². The van der Waals surface area contributed by atoms with Gasteiger partial charge in [0.15, 0.2) is 0 Å². The van der Waals surface area contributed by atoms with Gasteiger partial charge in [0.05, 0.1) is 6.33 Å². The van der Waals surface area contributed by atoms with Gasteiger partial charge in [-0.05, 0) is 0 Å². The second kappa shape index (κ2) is 1.41. The molecule has 0 aliphatic carbocycles. The molecule has 0 atom stereocenters. The van der Waals surface area contributed by atoms with E-state index in [1.165, 1.54) is 0 Å². The minimum Gasteiger partial charge on any atom is -0.341 e. The van der Waals surface area contributed by atoms with Crippen LogP contribution in [0.15, 0.2) is 12.5 Å². The Kier molecular flexibility index (Phi) is 0.892. The third-order valence-corrected chi connectivity index (χ3v) is 0.725. The van der Waals surface area contributed by atoms with Crippen molar-refractivity contribution in [3.05, 3.63) is 12.5 Å². The predicted molar refractivity (Wildman–Crippen MR) is 28.6 cm³/mol. The summed E-state index contributed by atoms with van der Waals surface area (Å²) in [4.78, 5) is 3.76. The summed E-state index contributed by atoms with van der Waals surface area (Å²) in [5, 5.41) is 0. The van der Waals surface area contributed by atoms with Crippen molar-refractivity contribution >= 4 is 13.4 Å². The van der Waals surface area contributed by atoms with Gasteiger partial charge in [-0.3, -0.25) is 4.98 Å². The zero-order valence-corrected chi connectivity index (χ0v) is 4.13. The van der Waals surface area contributed by atoms with E-state index in [2.05, 4.69) is 4.98 Å². The van der Waals surface area contributed by atoms with E-state index in [1.807, 2.05) is 7.05 Å². The van der Waals surface area contributed by atoms with Crippen LogP contribution in [0.1, 0.15) is 0 Å². The maximum atomic E-state index is 5.25. The highest BCUT2D eigenvalue weighted by molar-refractivity contribution is 6.30. The second-order valence-corrected chi connectivity index (χ2v) is 1.46. The van der Waals surface area contributed by atoms with Gasteiger partial charge in [0.25, 0.3) is 0 Å². The van der Waals surface area contributed by atoms with Gasteiger partial charge < -0.3 is 4.57 Å². The normalized spacial score (nSPS) is 9.29. The smallest absolute Gasteiger partial charge is 0.143 e. The molecule has 2 radical (unpaired) electrons. The Hall–Kier alpha value is -0.725. The molecule has 0 unspecified atom stereocenters. The molecular weight excluding hydrogens is 86.9 g/mol. The van der Waals surface area contributed by atoms with Crippen molar-refractivity contribution in [2.75, 3.05) is 0 Å². The molecule has 0 N–H and O–H groups in total. The van der Waals surface area contributed by atoms with Crippen LogP contribution < -0.4 is 5.59 Å². The van der Waals surface area contributed by atoms with Crippen molar-refractivity contribution in [1.82, 2.24) is 9.55 Å². The summed E-state index contributed by atoms with van der Waals surface area (Å²) in [6, 6.07) is 0. The maximum absolute atomic E-state index is 5.25. The van der Waals surface area contributed by atoms with E-state index in [0.29, 0.717) is 5.59 Å². The monoisotopic (exact) mass is 92.1 g/mol. The standard InChI is InChI=1S/C4H5BN2/c1-7-2-4(5)6-3-7/h2-3H,1H3. The third kappa shape index (κ3) is 0.826. The quantitative estimate of drug-likeness (QED) is 0.383. The van der Waals surface area contributed by atoms with Crippen LogP contribution in [-0.4, -0.2) is 17.4 Å². The van der Waals surface area contributed by atoms with Crippen LogP contribution in [-0.2, 0) is 7.05 Å². The predicted octanol–water partition coefficient (Wildman–Crippen LogP) is -0.786. The maximum Gasteiger partial charge on any atom is 0.143 e. The summed E-state index contributed by atoms with van der Waals surface area (Å²) in [5.41, 5.74) is 0.572. The summed E-state index contributed by atoms with van der Waals surface area (Å²) in [5.74, 6) is 0. The molecule has 0 spiro atoms. The summed E-state index contributed by atoms with van der Waals surface area (Å²) in [6.45, 7) is 0. The van der Waals surface area contributed by atoms with Crippen molar-refractivity contribution in [1.29, 1.82) is 0 Å². The Labute approximate surface area is 43.6 Å². The third-order valence-electron chi connectivity index (χ3n) is 0.725. The molecule has 1 rings (SSSR count). The highest BCUT2D eigenvalue weighted by Crippen LogP contribution is 1.70. The molecule has 34 valence electrons. The molecule has 0 aliphatic heterocycles. The molecule has 0 fully saturated rings. The van der Waals surface area contributed by atoms with Crippen molar-refractivity contribution in [2.45, 2.75) is 0 Å². The van der Waals surface area contributed by atoms with Crippen LogP contribution in [0.2, 0.25) is 0 Å². The fourth-order valence-electron chi connectivity index (χ4n) is 0.433. The minimum absolute atomic E-state index is 0.572. The molecule has 7 heavy (non-hydrogen) atoms. The first-order valence-electron chi connectivity index (χ1n) is 2.02. The second-order valence-electron chi connectivity index (χ2n) is 1.46. The molecule has 1 aromatic heterocycles. The number of hydrogen-bond donors (Lipinski definition) is 0. The van der Waals surface area contributed by atoms with Gasteiger partial charge in [0.2, 0.25) is 0 Å². The zero-order valence-electron chi connectivity index (χ0n) is 4.13. The molecule has 0 amide bonds. The van der Waals surface area contributed by atoms with Crippen LogP contribution in [0.3, 0.4) is 0 Å². The van der Waals surface area contributed by atoms with Crippen molar-refractivity contribution in [2.24, 2.45) is 7.05 Å². The highest BCUT2D eigenvalue weighted by Gasteiger charge is 1.81. The number of imidazole rings is 1. The van der Waals surface area contributed by atoms with Crippen LogP contribution in [0, 0.1) is 0 Å². The lowest BCUT2D eigenvalue weighted by molar-refractivity contribution is 0.914. The highest BCUT2D eigenvalue weighted by atomic mass is 15.0. The first kappa shape index (κ1) is 4.43. The van der Waals surface area contributed by atoms with Gasteiger partial charge in [0, 0.05) is 18.8 Å². The van der Waals surface area contributed by atoms with Crippen molar-refractivity contribution in [3.8, 4) is 0 Å². The van der Waals surface area contributed by atoms with E-state index < -0.39 is 0 Å². The SMILES string of the molecule is [B]c1cn(C)cn1. The molecule has 2 nitrogen and oxygen atoms in total. The Morgan fingerprint density at radius 3 is 2.71 bits per heavy atom. The van der Waals surface area contributed by atoms with E-state index in [-0.39, 0.29) is 0 Å². The lowest BCUT2D eigenvalue weighted by Crippen LogP contribution is -2.00. The lowest BCUT2D eigenvalue weighted by Gasteiger charge is -1.78. The number of aromatic nitrogens is 2. The summed E-state index contributed by atoms with van der Waals surface area (Å²) in [7, 11) is 7.12. The minimum atomic E-state index is 0.572. The van der Waals surface area contributed by atoms with Crippen LogP contribution in [0.25, 0.3) is 0 Å². The van der Waals surface area contributed by atoms with Crippen molar-refractivity contribution in [3.63, 3.8) is 0 Å². The molecule has 0 saturated carbocycles. The molecular formula is C4H5BN2. The average Bonchev–Trinajstić information content (AvgIpc) is 1.87. The molecule has 0 bridgehead atoms. The fourth-order valence-corrected chi connectivity index (χ4v) is 0.433. The van der Waals surface area contributed by atoms with Crippen LogP contribution in [0.5, 0.6) is 0 Å². The van der Waals surface area contributed by atoms with Gasteiger partial charge in [-0.25, -0.2) is 0 Å². The topological polar surface area (TPSA) is 17.8 Å². The summed E-state index contributed by atoms with van der Waals surface area (Å²) >= 11 is 0. The first-order valence-corrected chi connectivity index (χ1v) is 2.02. The van der Waals surface area contributed by atoms with Crippen LogP contribution >= 0.6 is 0 Å². The Balaban J connectivity index is 3.04. The Morgan fingerprint density at radius 2 is 2.57 bits per heavy atom. The van der Waals surface area contributed by atoms with Gasteiger partial charge in [-0.15, -0.1) is 0 Å². The Bertz CT molecular complexity index is 142. The van der Waals surface area contributed by atoms with Gasteiger partial charge in [-0.2, -0.15) is 0 Å². The van der Waals surface area contributed by atoms with Gasteiger partial charge in [-0.1, -0.05) is 0 Å². The summed E-state index contributed by atoms with van der Waals surface area (Å²) < 4.78 is 1.80. The number of rotatable bonds is 0. The van der Waals surface area contributed by atoms with E-state index in [9.17, 15) is 0 Å².